The number of nitrogens with zero attached hydrogens (tertiary/aromatic N) is 5. The van der Waals surface area contributed by atoms with Gasteiger partial charge < -0.3 is 0 Å². The molecule has 0 N–H and O–H groups in total. The van der Waals surface area contributed by atoms with Crippen molar-refractivity contribution in [1.29, 1.82) is 0 Å². The molecular formula is C25H21N5OS. The van der Waals surface area contributed by atoms with E-state index in [0.717, 1.165) is 16.6 Å². The highest BCUT2D eigenvalue weighted by Crippen LogP contribution is 2.26. The van der Waals surface area contributed by atoms with Gasteiger partial charge >= 0.3 is 0 Å². The van der Waals surface area contributed by atoms with E-state index in [9.17, 15) is 4.79 Å². The van der Waals surface area contributed by atoms with Crippen molar-refractivity contribution >= 4 is 22.7 Å². The molecule has 2 aromatic heterocycles. The van der Waals surface area contributed by atoms with Gasteiger partial charge in [0, 0.05) is 11.4 Å². The van der Waals surface area contributed by atoms with E-state index >= 15 is 0 Å². The van der Waals surface area contributed by atoms with Crippen LogP contribution in [-0.4, -0.2) is 24.3 Å². The molecule has 0 saturated carbocycles. The number of fused-ring (bicyclic) bond motifs is 1. The van der Waals surface area contributed by atoms with Crippen molar-refractivity contribution in [3.8, 4) is 5.69 Å². The number of thioether (sulfide) groups is 1. The Morgan fingerprint density at radius 3 is 2.47 bits per heavy atom. The molecule has 0 unspecified atom stereocenters. The highest BCUT2D eigenvalue weighted by molar-refractivity contribution is 7.98. The highest BCUT2D eigenvalue weighted by Gasteiger charge is 2.16. The molecule has 0 aliphatic heterocycles. The van der Waals surface area contributed by atoms with Gasteiger partial charge in [0.15, 0.2) is 11.0 Å². The zero-order chi connectivity index (χ0) is 21.9. The average molecular weight is 440 g/mol. The number of benzene rings is 3. The molecule has 7 heteroatoms. The van der Waals surface area contributed by atoms with Gasteiger partial charge in [-0.05, 0) is 42.3 Å². The van der Waals surface area contributed by atoms with Gasteiger partial charge in [0.05, 0.1) is 23.8 Å². The fourth-order valence-electron chi connectivity index (χ4n) is 3.62. The van der Waals surface area contributed by atoms with Crippen LogP contribution < -0.4 is 5.56 Å². The van der Waals surface area contributed by atoms with Crippen molar-refractivity contribution in [2.75, 3.05) is 0 Å². The molecule has 0 aliphatic carbocycles. The summed E-state index contributed by atoms with van der Waals surface area (Å²) in [5, 5.41) is 10.3. The summed E-state index contributed by atoms with van der Waals surface area (Å²) in [5.74, 6) is 1.47. The minimum Gasteiger partial charge on any atom is -0.291 e. The van der Waals surface area contributed by atoms with Crippen LogP contribution in [0.4, 0.5) is 0 Å². The van der Waals surface area contributed by atoms with Gasteiger partial charge in [-0.15, -0.1) is 10.2 Å². The van der Waals surface area contributed by atoms with Gasteiger partial charge in [0.2, 0.25) is 0 Å². The Morgan fingerprint density at radius 1 is 0.875 bits per heavy atom. The summed E-state index contributed by atoms with van der Waals surface area (Å²) in [7, 11) is 0. The maximum Gasteiger partial charge on any atom is 0.261 e. The van der Waals surface area contributed by atoms with E-state index in [1.54, 1.807) is 28.7 Å². The Bertz CT molecular complexity index is 1440. The Hall–Kier alpha value is -3.71. The molecule has 0 saturated heterocycles. The molecule has 32 heavy (non-hydrogen) atoms. The lowest BCUT2D eigenvalue weighted by Crippen LogP contribution is -2.22. The number of aromatic nitrogens is 5. The van der Waals surface area contributed by atoms with E-state index in [2.05, 4.69) is 40.3 Å². The summed E-state index contributed by atoms with van der Waals surface area (Å²) in [6.45, 7) is 2.39. The fraction of sp³-hybridized carbons (Fsp3) is 0.120. The topological polar surface area (TPSA) is 65.6 Å². The van der Waals surface area contributed by atoms with Crippen LogP contribution in [0.2, 0.25) is 0 Å². The lowest BCUT2D eigenvalue weighted by molar-refractivity contribution is 0.685. The van der Waals surface area contributed by atoms with Crippen LogP contribution in [0, 0.1) is 6.92 Å². The molecule has 5 aromatic rings. The summed E-state index contributed by atoms with van der Waals surface area (Å²) in [6, 6.07) is 25.7. The van der Waals surface area contributed by atoms with E-state index < -0.39 is 0 Å². The number of para-hydroxylation sites is 2. The first-order valence-corrected chi connectivity index (χ1v) is 11.3. The molecule has 158 valence electrons. The molecule has 6 nitrogen and oxygen atoms in total. The SMILES string of the molecule is Cc1ccccc1CSc1nnc(Cn2cnc3ccccc3c2=O)n1-c1ccccc1. The molecule has 0 atom stereocenters. The number of aryl methyl sites for hydroxylation is 1. The third kappa shape index (κ3) is 3.94. The van der Waals surface area contributed by atoms with Gasteiger partial charge in [-0.2, -0.15) is 0 Å². The second-order valence-corrected chi connectivity index (χ2v) is 8.42. The predicted molar refractivity (Wildman–Crippen MR) is 127 cm³/mol. The number of hydrogen-bond acceptors (Lipinski definition) is 5. The lowest BCUT2D eigenvalue weighted by Gasteiger charge is -2.12. The quantitative estimate of drug-likeness (QED) is 0.361. The maximum absolute atomic E-state index is 13.0. The Balaban J connectivity index is 1.52. The van der Waals surface area contributed by atoms with E-state index in [1.165, 1.54) is 11.1 Å². The van der Waals surface area contributed by atoms with Crippen molar-refractivity contribution in [2.45, 2.75) is 24.4 Å². The van der Waals surface area contributed by atoms with E-state index in [4.69, 9.17) is 0 Å². The minimum absolute atomic E-state index is 0.0904. The summed E-state index contributed by atoms with van der Waals surface area (Å²) < 4.78 is 3.60. The van der Waals surface area contributed by atoms with Crippen molar-refractivity contribution in [3.63, 3.8) is 0 Å². The van der Waals surface area contributed by atoms with Crippen molar-refractivity contribution in [1.82, 2.24) is 24.3 Å². The fourth-order valence-corrected chi connectivity index (χ4v) is 4.66. The average Bonchev–Trinajstić information content (AvgIpc) is 3.23. The van der Waals surface area contributed by atoms with E-state index in [0.29, 0.717) is 16.7 Å². The Labute approximate surface area is 189 Å². The van der Waals surface area contributed by atoms with Crippen LogP contribution in [0.5, 0.6) is 0 Å². The third-order valence-corrected chi connectivity index (χ3v) is 6.35. The number of hydrogen-bond donors (Lipinski definition) is 0. The van der Waals surface area contributed by atoms with Crippen LogP contribution in [-0.2, 0) is 12.3 Å². The van der Waals surface area contributed by atoms with E-state index in [-0.39, 0.29) is 12.1 Å². The zero-order valence-electron chi connectivity index (χ0n) is 17.5. The number of rotatable bonds is 6. The van der Waals surface area contributed by atoms with Crippen molar-refractivity contribution in [2.24, 2.45) is 0 Å². The van der Waals surface area contributed by atoms with Gasteiger partial charge in [-0.1, -0.05) is 66.4 Å². The first-order chi connectivity index (χ1) is 15.7. The first kappa shape index (κ1) is 20.2. The molecule has 2 heterocycles. The molecule has 0 amide bonds. The molecular weight excluding hydrogens is 418 g/mol. The smallest absolute Gasteiger partial charge is 0.261 e. The van der Waals surface area contributed by atoms with Crippen LogP contribution in [0.3, 0.4) is 0 Å². The summed E-state index contributed by atoms with van der Waals surface area (Å²) in [5.41, 5.74) is 4.07. The van der Waals surface area contributed by atoms with Crippen LogP contribution in [0.1, 0.15) is 17.0 Å². The van der Waals surface area contributed by atoms with Crippen LogP contribution in [0.15, 0.2) is 95.1 Å². The Kier molecular flexibility index (Phi) is 5.56. The first-order valence-electron chi connectivity index (χ1n) is 10.3. The van der Waals surface area contributed by atoms with Gasteiger partial charge in [0.25, 0.3) is 5.56 Å². The second-order valence-electron chi connectivity index (χ2n) is 7.48. The third-order valence-electron chi connectivity index (χ3n) is 5.38. The predicted octanol–water partition coefficient (Wildman–Crippen LogP) is 4.63. The van der Waals surface area contributed by atoms with E-state index in [1.807, 2.05) is 59.2 Å². The molecule has 0 fully saturated rings. The second kappa shape index (κ2) is 8.80. The molecule has 5 rings (SSSR count). The minimum atomic E-state index is -0.0904. The Morgan fingerprint density at radius 2 is 1.62 bits per heavy atom. The molecule has 0 radical (unpaired) electrons. The van der Waals surface area contributed by atoms with Crippen LogP contribution in [0.25, 0.3) is 16.6 Å². The van der Waals surface area contributed by atoms with Crippen molar-refractivity contribution in [3.05, 3.63) is 112 Å². The zero-order valence-corrected chi connectivity index (χ0v) is 18.4. The summed E-state index contributed by atoms with van der Waals surface area (Å²) in [4.78, 5) is 17.4. The molecule has 0 bridgehead atoms. The van der Waals surface area contributed by atoms with Crippen LogP contribution >= 0.6 is 11.8 Å². The molecule has 0 aliphatic rings. The van der Waals surface area contributed by atoms with Crippen molar-refractivity contribution < 1.29 is 0 Å². The largest absolute Gasteiger partial charge is 0.291 e. The highest BCUT2D eigenvalue weighted by atomic mass is 32.2. The van der Waals surface area contributed by atoms with Gasteiger partial charge in [-0.3, -0.25) is 13.9 Å². The maximum atomic E-state index is 13.0. The molecule has 0 spiro atoms. The normalized spacial score (nSPS) is 11.2. The summed E-state index contributed by atoms with van der Waals surface area (Å²) >= 11 is 1.63. The van der Waals surface area contributed by atoms with Gasteiger partial charge in [-0.25, -0.2) is 4.98 Å². The standard InChI is InChI=1S/C25H21N5OS/c1-18-9-5-6-10-19(18)16-32-25-28-27-23(30(25)20-11-3-2-4-12-20)15-29-17-26-22-14-8-7-13-21(22)24(29)31/h2-14,17H,15-16H2,1H3. The molecule has 3 aromatic carbocycles. The lowest BCUT2D eigenvalue weighted by atomic mass is 10.1. The summed E-state index contributed by atoms with van der Waals surface area (Å²) in [6.07, 6.45) is 1.58. The van der Waals surface area contributed by atoms with Gasteiger partial charge in [0.1, 0.15) is 0 Å². The monoisotopic (exact) mass is 439 g/mol.